The third-order valence-electron chi connectivity index (χ3n) is 4.28. The van der Waals surface area contributed by atoms with E-state index in [0.29, 0.717) is 29.1 Å². The van der Waals surface area contributed by atoms with Crippen molar-refractivity contribution < 1.29 is 8.42 Å². The molecule has 1 aromatic carbocycles. The monoisotopic (exact) mass is 369 g/mol. The van der Waals surface area contributed by atoms with Gasteiger partial charge in [-0.15, -0.1) is 0 Å². The maximum Gasteiger partial charge on any atom is 0.240 e. The van der Waals surface area contributed by atoms with Gasteiger partial charge in [0.1, 0.15) is 0 Å². The molecule has 1 saturated carbocycles. The largest absolute Gasteiger partial charge is 0.361 e. The molecule has 0 heterocycles. The second-order valence-corrected chi connectivity index (χ2v) is 8.55. The molecule has 1 aliphatic rings. The van der Waals surface area contributed by atoms with Crippen LogP contribution in [-0.2, 0) is 10.0 Å². The van der Waals surface area contributed by atoms with E-state index in [-0.39, 0.29) is 0 Å². The normalized spacial score (nSPS) is 15.9. The fourth-order valence-corrected chi connectivity index (χ4v) is 4.55. The number of aryl methyl sites for hydroxylation is 2. The van der Waals surface area contributed by atoms with Crippen LogP contribution in [0, 0.1) is 13.8 Å². The van der Waals surface area contributed by atoms with Gasteiger partial charge in [0.15, 0.2) is 5.11 Å². The smallest absolute Gasteiger partial charge is 0.240 e. The van der Waals surface area contributed by atoms with Gasteiger partial charge in [0.2, 0.25) is 10.0 Å². The second kappa shape index (κ2) is 8.78. The molecular weight excluding hydrogens is 342 g/mol. The Balaban J connectivity index is 1.76. The molecule has 7 heteroatoms. The highest BCUT2D eigenvalue weighted by Crippen LogP contribution is 2.17. The minimum Gasteiger partial charge on any atom is -0.361 e. The number of nitrogens with one attached hydrogen (secondary N) is 3. The number of thiocarbonyl (C=S) groups is 1. The lowest BCUT2D eigenvalue weighted by atomic mass is 9.96. The molecule has 134 valence electrons. The molecule has 0 bridgehead atoms. The van der Waals surface area contributed by atoms with E-state index in [2.05, 4.69) is 15.4 Å². The Hall–Kier alpha value is -1.18. The number of rotatable bonds is 6. The molecule has 2 rings (SSSR count). The van der Waals surface area contributed by atoms with Gasteiger partial charge in [0.05, 0.1) is 4.90 Å². The summed E-state index contributed by atoms with van der Waals surface area (Å²) < 4.78 is 27.4. The molecule has 0 spiro atoms. The predicted molar refractivity (Wildman–Crippen MR) is 102 cm³/mol. The van der Waals surface area contributed by atoms with Crippen LogP contribution in [0.3, 0.4) is 0 Å². The van der Waals surface area contributed by atoms with E-state index in [4.69, 9.17) is 12.2 Å². The van der Waals surface area contributed by atoms with Crippen molar-refractivity contribution in [2.24, 2.45) is 0 Å². The number of hydrogen-bond acceptors (Lipinski definition) is 3. The summed E-state index contributed by atoms with van der Waals surface area (Å²) >= 11 is 5.27. The third kappa shape index (κ3) is 5.72. The Bertz CT molecular complexity index is 668. The number of sulfonamides is 1. The predicted octanol–water partition coefficient (Wildman–Crippen LogP) is 2.38. The average Bonchev–Trinajstić information content (AvgIpc) is 2.55. The van der Waals surface area contributed by atoms with E-state index in [1.807, 2.05) is 19.1 Å². The summed E-state index contributed by atoms with van der Waals surface area (Å²) in [6.07, 6.45) is 6.10. The number of benzene rings is 1. The van der Waals surface area contributed by atoms with E-state index in [1.165, 1.54) is 19.3 Å². The van der Waals surface area contributed by atoms with Crippen LogP contribution in [0.15, 0.2) is 23.1 Å². The molecule has 24 heavy (non-hydrogen) atoms. The van der Waals surface area contributed by atoms with Gasteiger partial charge in [-0.2, -0.15) is 0 Å². The standard InChI is InChI=1S/C17H27N3O2S2/c1-13-8-9-14(2)16(12-13)24(21,22)19-11-10-18-17(23)20-15-6-4-3-5-7-15/h8-9,12,15,19H,3-7,10-11H2,1-2H3,(H2,18,20,23). The summed E-state index contributed by atoms with van der Waals surface area (Å²) in [5.74, 6) is 0. The van der Waals surface area contributed by atoms with Gasteiger partial charge >= 0.3 is 0 Å². The lowest BCUT2D eigenvalue weighted by molar-refractivity contribution is 0.412. The van der Waals surface area contributed by atoms with Gasteiger partial charge in [-0.25, -0.2) is 13.1 Å². The van der Waals surface area contributed by atoms with Crippen molar-refractivity contribution in [2.75, 3.05) is 13.1 Å². The molecule has 0 radical (unpaired) electrons. The van der Waals surface area contributed by atoms with Crippen molar-refractivity contribution in [3.05, 3.63) is 29.3 Å². The van der Waals surface area contributed by atoms with E-state index in [9.17, 15) is 8.42 Å². The Morgan fingerprint density at radius 2 is 1.88 bits per heavy atom. The molecule has 0 saturated heterocycles. The van der Waals surface area contributed by atoms with Gasteiger partial charge in [-0.3, -0.25) is 0 Å². The lowest BCUT2D eigenvalue weighted by Crippen LogP contribution is -2.45. The van der Waals surface area contributed by atoms with Gasteiger partial charge in [0, 0.05) is 19.1 Å². The SMILES string of the molecule is Cc1ccc(C)c(S(=O)(=O)NCCNC(=S)NC2CCCCC2)c1. The van der Waals surface area contributed by atoms with Gasteiger partial charge in [-0.05, 0) is 56.1 Å². The molecule has 5 nitrogen and oxygen atoms in total. The van der Waals surface area contributed by atoms with Crippen molar-refractivity contribution in [3.63, 3.8) is 0 Å². The summed E-state index contributed by atoms with van der Waals surface area (Å²) in [5.41, 5.74) is 1.67. The van der Waals surface area contributed by atoms with Crippen LogP contribution in [0.1, 0.15) is 43.2 Å². The van der Waals surface area contributed by atoms with Crippen LogP contribution < -0.4 is 15.4 Å². The Kier molecular flexibility index (Phi) is 7.01. The average molecular weight is 370 g/mol. The summed E-state index contributed by atoms with van der Waals surface area (Å²) in [7, 11) is -3.49. The van der Waals surface area contributed by atoms with Gasteiger partial charge in [-0.1, -0.05) is 31.4 Å². The highest BCUT2D eigenvalue weighted by molar-refractivity contribution is 7.89. The van der Waals surface area contributed by atoms with Crippen LogP contribution in [0.5, 0.6) is 0 Å². The summed E-state index contributed by atoms with van der Waals surface area (Å²) in [5, 5.41) is 6.99. The Morgan fingerprint density at radius 3 is 2.58 bits per heavy atom. The van der Waals surface area contributed by atoms with E-state index < -0.39 is 10.0 Å². The Morgan fingerprint density at radius 1 is 1.17 bits per heavy atom. The maximum absolute atomic E-state index is 12.4. The van der Waals surface area contributed by atoms with Crippen LogP contribution in [0.4, 0.5) is 0 Å². The lowest BCUT2D eigenvalue weighted by Gasteiger charge is -2.24. The van der Waals surface area contributed by atoms with Crippen molar-refractivity contribution in [2.45, 2.75) is 56.9 Å². The fraction of sp³-hybridized carbons (Fsp3) is 0.588. The molecular formula is C17H27N3O2S2. The van der Waals surface area contributed by atoms with Crippen molar-refractivity contribution in [3.8, 4) is 0 Å². The minimum atomic E-state index is -3.49. The highest BCUT2D eigenvalue weighted by Gasteiger charge is 2.17. The van der Waals surface area contributed by atoms with Crippen LogP contribution in [0.2, 0.25) is 0 Å². The van der Waals surface area contributed by atoms with Crippen LogP contribution in [0.25, 0.3) is 0 Å². The molecule has 0 unspecified atom stereocenters. The minimum absolute atomic E-state index is 0.294. The van der Waals surface area contributed by atoms with Crippen molar-refractivity contribution in [1.82, 2.24) is 15.4 Å². The molecule has 1 aromatic rings. The molecule has 0 atom stereocenters. The van der Waals surface area contributed by atoms with Crippen molar-refractivity contribution >= 4 is 27.4 Å². The fourth-order valence-electron chi connectivity index (χ4n) is 2.92. The molecule has 0 amide bonds. The first-order valence-electron chi connectivity index (χ1n) is 8.50. The van der Waals surface area contributed by atoms with Gasteiger partial charge < -0.3 is 10.6 Å². The first kappa shape index (κ1) is 19.1. The van der Waals surface area contributed by atoms with Crippen LogP contribution in [-0.4, -0.2) is 32.7 Å². The zero-order valence-electron chi connectivity index (χ0n) is 14.4. The van der Waals surface area contributed by atoms with Crippen LogP contribution >= 0.6 is 12.2 Å². The molecule has 3 N–H and O–H groups in total. The zero-order valence-corrected chi connectivity index (χ0v) is 16.0. The second-order valence-electron chi connectivity index (χ2n) is 6.40. The summed E-state index contributed by atoms with van der Waals surface area (Å²) in [6, 6.07) is 5.88. The molecule has 0 aromatic heterocycles. The summed E-state index contributed by atoms with van der Waals surface area (Å²) in [6.45, 7) is 4.44. The zero-order chi connectivity index (χ0) is 17.6. The first-order valence-corrected chi connectivity index (χ1v) is 10.4. The van der Waals surface area contributed by atoms with E-state index in [0.717, 1.165) is 24.0 Å². The van der Waals surface area contributed by atoms with E-state index in [1.54, 1.807) is 13.0 Å². The highest BCUT2D eigenvalue weighted by atomic mass is 32.2. The van der Waals surface area contributed by atoms with E-state index >= 15 is 0 Å². The Labute approximate surface area is 150 Å². The molecule has 0 aliphatic heterocycles. The third-order valence-corrected chi connectivity index (χ3v) is 6.14. The summed E-state index contributed by atoms with van der Waals surface area (Å²) in [4.78, 5) is 0.338. The van der Waals surface area contributed by atoms with Gasteiger partial charge in [0.25, 0.3) is 0 Å². The quantitative estimate of drug-likeness (QED) is 0.530. The maximum atomic E-state index is 12.4. The molecule has 1 aliphatic carbocycles. The number of hydrogen-bond donors (Lipinski definition) is 3. The topological polar surface area (TPSA) is 70.2 Å². The van der Waals surface area contributed by atoms with Crippen molar-refractivity contribution in [1.29, 1.82) is 0 Å². The first-order chi connectivity index (χ1) is 11.4. The molecule has 1 fully saturated rings.